The van der Waals surface area contributed by atoms with Gasteiger partial charge in [0.1, 0.15) is 5.75 Å². The summed E-state index contributed by atoms with van der Waals surface area (Å²) in [5, 5.41) is 5.12. The summed E-state index contributed by atoms with van der Waals surface area (Å²) in [6, 6.07) is 21.4. The number of para-hydroxylation sites is 1. The van der Waals surface area contributed by atoms with Gasteiger partial charge in [0.2, 0.25) is 0 Å². The normalized spacial score (nSPS) is 11.1. The molecule has 0 bridgehead atoms. The van der Waals surface area contributed by atoms with E-state index in [2.05, 4.69) is 10.1 Å². The Balaban J connectivity index is 1.82. The molecule has 0 atom stereocenters. The van der Waals surface area contributed by atoms with E-state index in [1.807, 2.05) is 36.4 Å². The number of fused-ring (bicyclic) bond motifs is 1. The molecular weight excluding hydrogens is 402 g/mol. The largest absolute Gasteiger partial charge is 0.425 e. The number of benzene rings is 3. The van der Waals surface area contributed by atoms with Crippen LogP contribution in [0.4, 0.5) is 0 Å². The lowest BCUT2D eigenvalue weighted by Crippen LogP contribution is -2.20. The fraction of sp³-hybridized carbons (Fsp3) is 0.0435. The van der Waals surface area contributed by atoms with E-state index in [4.69, 9.17) is 16.3 Å². The summed E-state index contributed by atoms with van der Waals surface area (Å²) >= 11 is 6.17. The molecule has 4 rings (SSSR count). The average molecular weight is 418 g/mol. The minimum atomic E-state index is -0.459. The molecule has 6 nitrogen and oxygen atoms in total. The van der Waals surface area contributed by atoms with Gasteiger partial charge in [-0.25, -0.2) is 4.98 Å². The maximum atomic E-state index is 13.1. The summed E-state index contributed by atoms with van der Waals surface area (Å²) in [5.74, 6) is 0.230. The molecule has 148 valence electrons. The molecule has 7 heteroatoms. The third kappa shape index (κ3) is 3.99. The number of rotatable bonds is 4. The second kappa shape index (κ2) is 8.31. The topological polar surface area (TPSA) is 73.5 Å². The Bertz CT molecular complexity index is 1330. The van der Waals surface area contributed by atoms with Crippen LogP contribution in [0.2, 0.25) is 5.02 Å². The van der Waals surface area contributed by atoms with Gasteiger partial charge in [0.15, 0.2) is 5.82 Å². The number of carbonyl (C=O) groups excluding carboxylic acids is 1. The summed E-state index contributed by atoms with van der Waals surface area (Å²) < 4.78 is 6.30. The average Bonchev–Trinajstić information content (AvgIpc) is 2.75. The highest BCUT2D eigenvalue weighted by atomic mass is 35.5. The predicted molar refractivity (Wildman–Crippen MR) is 117 cm³/mol. The second-order valence-corrected chi connectivity index (χ2v) is 6.87. The van der Waals surface area contributed by atoms with Crippen molar-refractivity contribution in [3.8, 4) is 17.1 Å². The first kappa shape index (κ1) is 19.5. The van der Waals surface area contributed by atoms with E-state index >= 15 is 0 Å². The van der Waals surface area contributed by atoms with Crippen LogP contribution < -0.4 is 10.3 Å². The number of carbonyl (C=O) groups is 1. The molecule has 0 spiro atoms. The lowest BCUT2D eigenvalue weighted by atomic mass is 10.2. The van der Waals surface area contributed by atoms with Crippen LogP contribution in [0.3, 0.4) is 0 Å². The van der Waals surface area contributed by atoms with E-state index in [0.29, 0.717) is 22.3 Å². The molecule has 0 saturated carbocycles. The smallest absolute Gasteiger partial charge is 0.308 e. The lowest BCUT2D eigenvalue weighted by molar-refractivity contribution is -0.131. The SMILES string of the molecule is CC(=O)Oc1ccc(C=Nn2c(-c3ccccc3)nc3ccccc3c2=O)cc1Cl. The van der Waals surface area contributed by atoms with Crippen molar-refractivity contribution in [2.24, 2.45) is 5.10 Å². The number of hydrogen-bond donors (Lipinski definition) is 0. The number of hydrogen-bond acceptors (Lipinski definition) is 5. The van der Waals surface area contributed by atoms with Crippen LogP contribution in [0, 0.1) is 0 Å². The summed E-state index contributed by atoms with van der Waals surface area (Å²) in [7, 11) is 0. The van der Waals surface area contributed by atoms with Gasteiger partial charge < -0.3 is 4.74 Å². The number of halogens is 1. The lowest BCUT2D eigenvalue weighted by Gasteiger charge is -2.09. The Morgan fingerprint density at radius 2 is 1.80 bits per heavy atom. The van der Waals surface area contributed by atoms with Crippen LogP contribution in [0.5, 0.6) is 5.75 Å². The minimum absolute atomic E-state index is 0.260. The Hall–Kier alpha value is -3.77. The van der Waals surface area contributed by atoms with Crippen LogP contribution in [0.1, 0.15) is 12.5 Å². The quantitative estimate of drug-likeness (QED) is 0.278. The van der Waals surface area contributed by atoms with Crippen LogP contribution in [-0.2, 0) is 4.79 Å². The number of ether oxygens (including phenoxy) is 1. The molecule has 0 fully saturated rings. The van der Waals surface area contributed by atoms with Crippen LogP contribution in [0.15, 0.2) is 82.7 Å². The van der Waals surface area contributed by atoms with Crippen molar-refractivity contribution in [2.45, 2.75) is 6.92 Å². The highest BCUT2D eigenvalue weighted by Gasteiger charge is 2.12. The second-order valence-electron chi connectivity index (χ2n) is 6.46. The molecule has 0 saturated heterocycles. The van der Waals surface area contributed by atoms with Gasteiger partial charge in [-0.2, -0.15) is 9.78 Å². The zero-order valence-electron chi connectivity index (χ0n) is 15.9. The van der Waals surface area contributed by atoms with E-state index in [-0.39, 0.29) is 16.3 Å². The molecule has 4 aromatic rings. The summed E-state index contributed by atoms with van der Waals surface area (Å²) in [4.78, 5) is 28.9. The summed E-state index contributed by atoms with van der Waals surface area (Å²) in [5.41, 5.74) is 1.72. The van der Waals surface area contributed by atoms with Gasteiger partial charge in [-0.15, -0.1) is 0 Å². The Morgan fingerprint density at radius 3 is 2.53 bits per heavy atom. The van der Waals surface area contributed by atoms with E-state index in [1.54, 1.807) is 36.4 Å². The van der Waals surface area contributed by atoms with Crippen molar-refractivity contribution in [1.29, 1.82) is 0 Å². The molecule has 1 heterocycles. The Kier molecular flexibility index (Phi) is 5.41. The fourth-order valence-corrected chi connectivity index (χ4v) is 3.19. The summed E-state index contributed by atoms with van der Waals surface area (Å²) in [6.07, 6.45) is 1.51. The van der Waals surface area contributed by atoms with Crippen molar-refractivity contribution in [3.05, 3.63) is 93.7 Å². The molecule has 0 radical (unpaired) electrons. The standard InChI is InChI=1S/C23H16ClN3O3/c1-15(28)30-21-12-11-16(13-19(21)24)14-25-27-22(17-7-3-2-4-8-17)26-20-10-6-5-9-18(20)23(27)29/h2-14H,1H3. The Labute approximate surface area is 177 Å². The maximum absolute atomic E-state index is 13.1. The van der Waals surface area contributed by atoms with Gasteiger partial charge in [-0.1, -0.05) is 54.1 Å². The fourth-order valence-electron chi connectivity index (χ4n) is 2.96. The molecule has 0 aliphatic rings. The van der Waals surface area contributed by atoms with E-state index in [1.165, 1.54) is 17.8 Å². The molecule has 0 unspecified atom stereocenters. The van der Waals surface area contributed by atoms with E-state index < -0.39 is 5.97 Å². The molecule has 1 aromatic heterocycles. The van der Waals surface area contributed by atoms with Crippen molar-refractivity contribution in [3.63, 3.8) is 0 Å². The number of nitrogens with zero attached hydrogens (tertiary/aromatic N) is 3. The van der Waals surface area contributed by atoms with E-state index in [0.717, 1.165) is 5.56 Å². The molecule has 0 aliphatic carbocycles. The predicted octanol–water partition coefficient (Wildman–Crippen LogP) is 4.52. The first-order valence-electron chi connectivity index (χ1n) is 9.12. The molecule has 0 amide bonds. The first-order valence-corrected chi connectivity index (χ1v) is 9.50. The number of aromatic nitrogens is 2. The zero-order valence-corrected chi connectivity index (χ0v) is 16.7. The third-order valence-corrected chi connectivity index (χ3v) is 4.61. The van der Waals surface area contributed by atoms with Crippen LogP contribution in [-0.4, -0.2) is 21.8 Å². The molecule has 30 heavy (non-hydrogen) atoms. The van der Waals surface area contributed by atoms with Gasteiger partial charge in [-0.3, -0.25) is 9.59 Å². The van der Waals surface area contributed by atoms with Gasteiger partial charge in [0, 0.05) is 12.5 Å². The Morgan fingerprint density at radius 1 is 1.07 bits per heavy atom. The van der Waals surface area contributed by atoms with Crippen LogP contribution >= 0.6 is 11.6 Å². The first-order chi connectivity index (χ1) is 14.5. The summed E-state index contributed by atoms with van der Waals surface area (Å²) in [6.45, 7) is 1.30. The van der Waals surface area contributed by atoms with Crippen molar-refractivity contribution in [1.82, 2.24) is 9.66 Å². The van der Waals surface area contributed by atoms with Gasteiger partial charge in [0.25, 0.3) is 5.56 Å². The monoisotopic (exact) mass is 417 g/mol. The van der Waals surface area contributed by atoms with Crippen molar-refractivity contribution >= 4 is 34.7 Å². The van der Waals surface area contributed by atoms with Gasteiger partial charge >= 0.3 is 5.97 Å². The molecule has 3 aromatic carbocycles. The van der Waals surface area contributed by atoms with Crippen molar-refractivity contribution < 1.29 is 9.53 Å². The van der Waals surface area contributed by atoms with Gasteiger partial charge in [-0.05, 0) is 35.9 Å². The molecule has 0 N–H and O–H groups in total. The maximum Gasteiger partial charge on any atom is 0.308 e. The third-order valence-electron chi connectivity index (χ3n) is 4.32. The molecule has 0 aliphatic heterocycles. The minimum Gasteiger partial charge on any atom is -0.425 e. The molecular formula is C23H16ClN3O3. The highest BCUT2D eigenvalue weighted by molar-refractivity contribution is 6.32. The van der Waals surface area contributed by atoms with Crippen molar-refractivity contribution in [2.75, 3.05) is 0 Å². The van der Waals surface area contributed by atoms with Crippen LogP contribution in [0.25, 0.3) is 22.3 Å². The zero-order chi connectivity index (χ0) is 21.1. The van der Waals surface area contributed by atoms with Gasteiger partial charge in [0.05, 0.1) is 22.1 Å². The van der Waals surface area contributed by atoms with E-state index in [9.17, 15) is 9.59 Å². The number of esters is 1. The highest BCUT2D eigenvalue weighted by Crippen LogP contribution is 2.25.